The summed E-state index contributed by atoms with van der Waals surface area (Å²) in [6, 6.07) is 0. The molecule has 0 heterocycles. The van der Waals surface area contributed by atoms with Crippen LogP contribution in [0.2, 0.25) is 0 Å². The molecule has 27 heavy (non-hydrogen) atoms. The van der Waals surface area contributed by atoms with E-state index in [0.717, 1.165) is 12.8 Å². The van der Waals surface area contributed by atoms with Crippen molar-refractivity contribution in [1.29, 1.82) is 0 Å². The minimum Gasteiger partial charge on any atom is -0.481 e. The van der Waals surface area contributed by atoms with Crippen molar-refractivity contribution in [2.45, 2.75) is 110 Å². The molecule has 4 N–H and O–H groups in total. The van der Waals surface area contributed by atoms with Gasteiger partial charge in [0.05, 0.1) is 13.2 Å². The van der Waals surface area contributed by atoms with E-state index in [1.165, 1.54) is 83.5 Å². The van der Waals surface area contributed by atoms with Crippen molar-refractivity contribution in [3.63, 3.8) is 0 Å². The van der Waals surface area contributed by atoms with E-state index in [-0.39, 0.29) is 13.2 Å². The maximum atomic E-state index is 10.3. The molecule has 0 rings (SSSR count). The standard InChI is InChI=1S/C18H36O2.C4H11NO2/c1-2-3-4-5-6-7-8-9-10-11-12-13-14-15-16-17-18(19)20;6-3-1-5-2-4-7/h2-17H2,1H3,(H,19,20);5-7H,1-4H2. The van der Waals surface area contributed by atoms with Gasteiger partial charge >= 0.3 is 5.97 Å². The summed E-state index contributed by atoms with van der Waals surface area (Å²) in [6.45, 7) is 3.69. The van der Waals surface area contributed by atoms with Crippen LogP contribution in [0.1, 0.15) is 110 Å². The summed E-state index contributed by atoms with van der Waals surface area (Å²) in [7, 11) is 0. The fraction of sp³-hybridized carbons (Fsp3) is 0.955. The van der Waals surface area contributed by atoms with Crippen LogP contribution >= 0.6 is 0 Å². The quantitative estimate of drug-likeness (QED) is 0.223. The number of unbranched alkanes of at least 4 members (excludes halogenated alkanes) is 14. The van der Waals surface area contributed by atoms with Gasteiger partial charge in [0, 0.05) is 19.5 Å². The van der Waals surface area contributed by atoms with Crippen LogP contribution in [0, 0.1) is 0 Å². The van der Waals surface area contributed by atoms with Gasteiger partial charge in [-0.05, 0) is 6.42 Å². The number of hydrogen-bond acceptors (Lipinski definition) is 4. The van der Waals surface area contributed by atoms with Crippen molar-refractivity contribution < 1.29 is 20.1 Å². The summed E-state index contributed by atoms with van der Waals surface area (Å²) in [6.07, 6.45) is 20.2. The summed E-state index contributed by atoms with van der Waals surface area (Å²) in [5.74, 6) is -0.653. The van der Waals surface area contributed by atoms with Gasteiger partial charge in [0.2, 0.25) is 0 Å². The lowest BCUT2D eigenvalue weighted by Crippen LogP contribution is -2.21. The smallest absolute Gasteiger partial charge is 0.303 e. The maximum absolute atomic E-state index is 10.3. The number of carboxylic acid groups (broad SMARTS) is 1. The second-order valence-electron chi connectivity index (χ2n) is 7.29. The average Bonchev–Trinajstić information content (AvgIpc) is 2.65. The molecule has 0 saturated heterocycles. The molecule has 0 atom stereocenters. The molecule has 0 aromatic heterocycles. The number of aliphatic carboxylic acids is 1. The SMILES string of the molecule is CCCCCCCCCCCCCCCCCC(=O)O.OCCNCCO. The molecule has 164 valence electrons. The zero-order valence-corrected chi connectivity index (χ0v) is 17.9. The fourth-order valence-corrected chi connectivity index (χ4v) is 2.93. The van der Waals surface area contributed by atoms with Crippen molar-refractivity contribution in [2.24, 2.45) is 0 Å². The monoisotopic (exact) mass is 389 g/mol. The van der Waals surface area contributed by atoms with E-state index < -0.39 is 5.97 Å². The minimum atomic E-state index is -0.653. The third-order valence-electron chi connectivity index (χ3n) is 4.57. The summed E-state index contributed by atoms with van der Waals surface area (Å²) < 4.78 is 0. The summed E-state index contributed by atoms with van der Waals surface area (Å²) in [4.78, 5) is 10.3. The predicted molar refractivity (Wildman–Crippen MR) is 114 cm³/mol. The van der Waals surface area contributed by atoms with Gasteiger partial charge in [-0.2, -0.15) is 0 Å². The van der Waals surface area contributed by atoms with Gasteiger partial charge in [-0.25, -0.2) is 0 Å². The Morgan fingerprint density at radius 1 is 0.630 bits per heavy atom. The number of rotatable bonds is 20. The van der Waals surface area contributed by atoms with Crippen molar-refractivity contribution in [3.05, 3.63) is 0 Å². The topological polar surface area (TPSA) is 89.8 Å². The molecule has 0 aromatic carbocycles. The third kappa shape index (κ3) is 33.4. The lowest BCUT2D eigenvalue weighted by Gasteiger charge is -2.03. The highest BCUT2D eigenvalue weighted by molar-refractivity contribution is 5.66. The van der Waals surface area contributed by atoms with Crippen LogP contribution in [0.4, 0.5) is 0 Å². The van der Waals surface area contributed by atoms with E-state index in [0.29, 0.717) is 19.5 Å². The predicted octanol–water partition coefficient (Wildman–Crippen LogP) is 4.89. The van der Waals surface area contributed by atoms with Crippen molar-refractivity contribution >= 4 is 5.97 Å². The van der Waals surface area contributed by atoms with Crippen LogP contribution in [0.3, 0.4) is 0 Å². The first-order chi connectivity index (χ1) is 13.2. The van der Waals surface area contributed by atoms with E-state index in [1.807, 2.05) is 0 Å². The molecule has 0 aliphatic carbocycles. The van der Waals surface area contributed by atoms with Crippen LogP contribution in [0.15, 0.2) is 0 Å². The Morgan fingerprint density at radius 3 is 1.26 bits per heavy atom. The molecule has 0 saturated carbocycles. The number of carbonyl (C=O) groups is 1. The molecular weight excluding hydrogens is 342 g/mol. The summed E-state index contributed by atoms with van der Waals surface area (Å²) >= 11 is 0. The van der Waals surface area contributed by atoms with Crippen LogP contribution in [0.25, 0.3) is 0 Å². The molecule has 0 bridgehead atoms. The molecule has 5 heteroatoms. The van der Waals surface area contributed by atoms with Crippen LogP contribution in [-0.2, 0) is 4.79 Å². The Hall–Kier alpha value is -0.650. The van der Waals surface area contributed by atoms with E-state index in [4.69, 9.17) is 15.3 Å². The largest absolute Gasteiger partial charge is 0.481 e. The lowest BCUT2D eigenvalue weighted by molar-refractivity contribution is -0.137. The van der Waals surface area contributed by atoms with Gasteiger partial charge in [0.1, 0.15) is 0 Å². The molecule has 0 aliphatic heterocycles. The number of aliphatic hydroxyl groups is 2. The molecule has 0 amide bonds. The number of carboxylic acids is 1. The first kappa shape index (κ1) is 28.6. The van der Waals surface area contributed by atoms with E-state index in [9.17, 15) is 4.79 Å². The molecular formula is C22H47NO4. The Bertz CT molecular complexity index is 271. The van der Waals surface area contributed by atoms with Crippen molar-refractivity contribution in [1.82, 2.24) is 5.32 Å². The Balaban J connectivity index is 0. The summed E-state index contributed by atoms with van der Waals surface area (Å²) in [5.41, 5.74) is 0. The molecule has 0 unspecified atom stereocenters. The normalized spacial score (nSPS) is 10.5. The molecule has 0 aromatic rings. The highest BCUT2D eigenvalue weighted by Gasteiger charge is 1.97. The minimum absolute atomic E-state index is 0.139. The van der Waals surface area contributed by atoms with Gasteiger partial charge in [0.25, 0.3) is 0 Å². The lowest BCUT2D eigenvalue weighted by atomic mass is 10.0. The van der Waals surface area contributed by atoms with Gasteiger partial charge in [-0.3, -0.25) is 4.79 Å². The Labute approximate surface area is 168 Å². The number of hydrogen-bond donors (Lipinski definition) is 4. The molecule has 5 nitrogen and oxygen atoms in total. The van der Waals surface area contributed by atoms with Gasteiger partial charge < -0.3 is 20.6 Å². The molecule has 0 fully saturated rings. The third-order valence-corrected chi connectivity index (χ3v) is 4.57. The van der Waals surface area contributed by atoms with Gasteiger partial charge in [0.15, 0.2) is 0 Å². The molecule has 0 radical (unpaired) electrons. The molecule has 0 aliphatic rings. The Morgan fingerprint density at radius 2 is 0.963 bits per heavy atom. The zero-order chi connectivity index (χ0) is 20.4. The van der Waals surface area contributed by atoms with Crippen LogP contribution < -0.4 is 5.32 Å². The van der Waals surface area contributed by atoms with Crippen molar-refractivity contribution in [2.75, 3.05) is 26.3 Å². The zero-order valence-electron chi connectivity index (χ0n) is 17.9. The van der Waals surface area contributed by atoms with Gasteiger partial charge in [-0.15, -0.1) is 0 Å². The highest BCUT2D eigenvalue weighted by Crippen LogP contribution is 2.13. The number of nitrogens with one attached hydrogen (secondary N) is 1. The van der Waals surface area contributed by atoms with Crippen LogP contribution in [-0.4, -0.2) is 47.6 Å². The van der Waals surface area contributed by atoms with Crippen LogP contribution in [0.5, 0.6) is 0 Å². The van der Waals surface area contributed by atoms with Crippen molar-refractivity contribution in [3.8, 4) is 0 Å². The van der Waals surface area contributed by atoms with E-state index in [2.05, 4.69) is 12.2 Å². The summed E-state index contributed by atoms with van der Waals surface area (Å²) in [5, 5.41) is 27.6. The second kappa shape index (κ2) is 27.6. The van der Waals surface area contributed by atoms with Gasteiger partial charge in [-0.1, -0.05) is 96.8 Å². The highest BCUT2D eigenvalue weighted by atomic mass is 16.4. The fourth-order valence-electron chi connectivity index (χ4n) is 2.93. The first-order valence-corrected chi connectivity index (χ1v) is 11.3. The Kier molecular flexibility index (Phi) is 29.2. The first-order valence-electron chi connectivity index (χ1n) is 11.3. The second-order valence-corrected chi connectivity index (χ2v) is 7.29. The molecule has 0 spiro atoms. The maximum Gasteiger partial charge on any atom is 0.303 e. The van der Waals surface area contributed by atoms with E-state index >= 15 is 0 Å². The van der Waals surface area contributed by atoms with E-state index in [1.54, 1.807) is 0 Å². The average molecular weight is 390 g/mol. The number of aliphatic hydroxyl groups excluding tert-OH is 2.